The lowest BCUT2D eigenvalue weighted by Crippen LogP contribution is -2.14. The van der Waals surface area contributed by atoms with E-state index in [2.05, 4.69) is 50.9 Å². The molecule has 4 atom stereocenters. The average Bonchev–Trinajstić information content (AvgIpc) is 2.67. The fourth-order valence-corrected chi connectivity index (χ4v) is 6.78. The van der Waals surface area contributed by atoms with Crippen LogP contribution in [0.4, 0.5) is 0 Å². The molecule has 0 aromatic carbocycles. The molecule has 5 heteroatoms. The van der Waals surface area contributed by atoms with Gasteiger partial charge in [0.2, 0.25) is 0 Å². The maximum atomic E-state index is 4.68. The van der Waals surface area contributed by atoms with Crippen LogP contribution in [0.1, 0.15) is 26.7 Å². The van der Waals surface area contributed by atoms with Crippen LogP contribution >= 0.6 is 60.5 Å². The second-order valence-corrected chi connectivity index (χ2v) is 9.61. The molecule has 1 fully saturated rings. The molecule has 0 bridgehead atoms. The Bertz CT molecular complexity index is 157. The molecule has 4 unspecified atom stereocenters. The summed E-state index contributed by atoms with van der Waals surface area (Å²) in [5.74, 6) is 2.34. The lowest BCUT2D eigenvalue weighted by molar-refractivity contribution is 0.768. The topological polar surface area (TPSA) is 0 Å². The zero-order valence-corrected chi connectivity index (χ0v) is 13.5. The number of hydrogen-bond donors (Lipinski definition) is 2. The Balaban J connectivity index is 2.31. The van der Waals surface area contributed by atoms with Crippen LogP contribution in [0.2, 0.25) is 0 Å². The summed E-state index contributed by atoms with van der Waals surface area (Å²) in [4.78, 5) is 0. The predicted molar refractivity (Wildman–Crippen MR) is 86.2 cm³/mol. The van der Waals surface area contributed by atoms with Crippen LogP contribution in [-0.2, 0) is 0 Å². The second kappa shape index (κ2) is 7.96. The van der Waals surface area contributed by atoms with Crippen molar-refractivity contribution in [2.45, 2.75) is 46.4 Å². The molecule has 1 aliphatic heterocycles. The molecular formula is C10H20S5. The van der Waals surface area contributed by atoms with Gasteiger partial charge in [-0.1, -0.05) is 13.8 Å². The Hall–Kier alpha value is 1.75. The van der Waals surface area contributed by atoms with E-state index in [0.717, 1.165) is 10.5 Å². The summed E-state index contributed by atoms with van der Waals surface area (Å²) < 4.78 is 1.02. The van der Waals surface area contributed by atoms with Crippen LogP contribution in [0.25, 0.3) is 0 Å². The maximum Gasteiger partial charge on any atom is 0.0590 e. The molecule has 0 spiro atoms. The molecule has 1 rings (SSSR count). The van der Waals surface area contributed by atoms with Crippen LogP contribution in [-0.4, -0.2) is 31.2 Å². The molecule has 90 valence electrons. The summed E-state index contributed by atoms with van der Waals surface area (Å²) in [6.07, 6.45) is 2.63. The lowest BCUT2D eigenvalue weighted by Gasteiger charge is -2.19. The zero-order valence-electron chi connectivity index (χ0n) is 9.26. The van der Waals surface area contributed by atoms with Gasteiger partial charge in [0.25, 0.3) is 0 Å². The largest absolute Gasteiger partial charge is 0.164 e. The van der Waals surface area contributed by atoms with E-state index >= 15 is 0 Å². The number of thioether (sulfide) groups is 3. The predicted octanol–water partition coefficient (Wildman–Crippen LogP) is 4.27. The van der Waals surface area contributed by atoms with Crippen molar-refractivity contribution in [3.05, 3.63) is 0 Å². The highest BCUT2D eigenvalue weighted by atomic mass is 32.2. The molecule has 0 radical (unpaired) electrons. The highest BCUT2D eigenvalue weighted by molar-refractivity contribution is 8.14. The van der Waals surface area contributed by atoms with Gasteiger partial charge in [-0.15, -0.1) is 23.5 Å². The Morgan fingerprint density at radius 2 is 1.47 bits per heavy atom. The van der Waals surface area contributed by atoms with Crippen molar-refractivity contribution in [1.29, 1.82) is 0 Å². The fraction of sp³-hybridized carbons (Fsp3) is 1.00. The molecule has 0 N–H and O–H groups in total. The van der Waals surface area contributed by atoms with Crippen molar-refractivity contribution < 1.29 is 0 Å². The van der Waals surface area contributed by atoms with E-state index in [9.17, 15) is 0 Å². The van der Waals surface area contributed by atoms with Crippen LogP contribution in [0.3, 0.4) is 0 Å². The van der Waals surface area contributed by atoms with E-state index in [4.69, 9.17) is 0 Å². The monoisotopic (exact) mass is 300 g/mol. The van der Waals surface area contributed by atoms with E-state index in [1.807, 2.05) is 23.5 Å². The third-order valence-electron chi connectivity index (χ3n) is 2.40. The van der Waals surface area contributed by atoms with Gasteiger partial charge in [-0.05, 0) is 24.3 Å². The average molecular weight is 301 g/mol. The molecule has 1 saturated heterocycles. The van der Waals surface area contributed by atoms with E-state index in [1.54, 1.807) is 0 Å². The van der Waals surface area contributed by atoms with Gasteiger partial charge in [0.05, 0.1) is 9.16 Å². The third-order valence-corrected chi connectivity index (χ3v) is 8.48. The quantitative estimate of drug-likeness (QED) is 0.556. The van der Waals surface area contributed by atoms with E-state index in [0.29, 0.717) is 9.16 Å². The summed E-state index contributed by atoms with van der Waals surface area (Å²) in [5, 5.41) is 1.46. The van der Waals surface area contributed by atoms with Crippen LogP contribution < -0.4 is 0 Å². The van der Waals surface area contributed by atoms with Gasteiger partial charge in [0.15, 0.2) is 0 Å². The molecule has 0 aromatic rings. The van der Waals surface area contributed by atoms with Crippen LogP contribution in [0, 0.1) is 0 Å². The van der Waals surface area contributed by atoms with Crippen molar-refractivity contribution in [2.75, 3.05) is 11.5 Å². The lowest BCUT2D eigenvalue weighted by atomic mass is 10.2. The first kappa shape index (κ1) is 14.8. The molecule has 0 nitrogen and oxygen atoms in total. The molecule has 1 aliphatic rings. The highest BCUT2D eigenvalue weighted by Gasteiger charge is 2.33. The first-order chi connectivity index (χ1) is 7.19. The van der Waals surface area contributed by atoms with Crippen LogP contribution in [0.5, 0.6) is 0 Å². The first-order valence-corrected chi connectivity index (χ1v) is 9.51. The molecule has 0 aromatic heterocycles. The normalized spacial score (nSPS) is 30.4. The summed E-state index contributed by atoms with van der Waals surface area (Å²) in [5.41, 5.74) is 0. The Kier molecular flexibility index (Phi) is 7.86. The minimum Gasteiger partial charge on any atom is -0.164 e. The first-order valence-electron chi connectivity index (χ1n) is 5.43. The van der Waals surface area contributed by atoms with Crippen molar-refractivity contribution in [3.8, 4) is 0 Å². The smallest absolute Gasteiger partial charge is 0.0590 e. The van der Waals surface area contributed by atoms with Gasteiger partial charge in [-0.3, -0.25) is 0 Å². The van der Waals surface area contributed by atoms with Crippen molar-refractivity contribution in [1.82, 2.24) is 0 Å². The Morgan fingerprint density at radius 1 is 1.07 bits per heavy atom. The minimum atomic E-state index is 0.511. The highest BCUT2D eigenvalue weighted by Crippen LogP contribution is 2.45. The molecular weight excluding hydrogens is 280 g/mol. The summed E-state index contributed by atoms with van der Waals surface area (Å²) in [6.45, 7) is 4.42. The SMILES string of the molecule is CCSC(S)C1CCC(C(S)SCC)S1. The van der Waals surface area contributed by atoms with Gasteiger partial charge in [-0.2, -0.15) is 37.0 Å². The summed E-state index contributed by atoms with van der Waals surface area (Å²) >= 11 is 15.4. The molecule has 0 saturated carbocycles. The van der Waals surface area contributed by atoms with E-state index in [1.165, 1.54) is 24.3 Å². The van der Waals surface area contributed by atoms with Crippen molar-refractivity contribution in [2.24, 2.45) is 0 Å². The van der Waals surface area contributed by atoms with Crippen molar-refractivity contribution >= 4 is 60.5 Å². The van der Waals surface area contributed by atoms with E-state index < -0.39 is 0 Å². The van der Waals surface area contributed by atoms with Gasteiger partial charge in [0.1, 0.15) is 0 Å². The van der Waals surface area contributed by atoms with Crippen LogP contribution in [0.15, 0.2) is 0 Å². The van der Waals surface area contributed by atoms with Crippen molar-refractivity contribution in [3.63, 3.8) is 0 Å². The van der Waals surface area contributed by atoms with Gasteiger partial charge < -0.3 is 0 Å². The number of thiol groups is 2. The zero-order chi connectivity index (χ0) is 11.3. The third kappa shape index (κ3) is 4.86. The Labute approximate surface area is 118 Å². The molecule has 15 heavy (non-hydrogen) atoms. The standard InChI is InChI=1S/C10H20S5/c1-3-13-9(11)7-5-6-8(15-7)10(12)14-4-2/h7-12H,3-6H2,1-2H3. The molecule has 0 aliphatic carbocycles. The summed E-state index contributed by atoms with van der Waals surface area (Å²) in [7, 11) is 0. The van der Waals surface area contributed by atoms with Gasteiger partial charge in [0, 0.05) is 10.5 Å². The maximum absolute atomic E-state index is 4.68. The summed E-state index contributed by atoms with van der Waals surface area (Å²) in [6, 6.07) is 0. The second-order valence-electron chi connectivity index (χ2n) is 3.48. The Morgan fingerprint density at radius 3 is 1.80 bits per heavy atom. The number of hydrogen-bond acceptors (Lipinski definition) is 5. The molecule has 0 amide bonds. The fourth-order valence-electron chi connectivity index (χ4n) is 1.66. The number of rotatable bonds is 6. The van der Waals surface area contributed by atoms with Gasteiger partial charge >= 0.3 is 0 Å². The minimum absolute atomic E-state index is 0.511. The molecule has 1 heterocycles. The van der Waals surface area contributed by atoms with E-state index in [-0.39, 0.29) is 0 Å². The van der Waals surface area contributed by atoms with Gasteiger partial charge in [-0.25, -0.2) is 0 Å².